The van der Waals surface area contributed by atoms with Crippen molar-refractivity contribution in [2.75, 3.05) is 6.26 Å². The third-order valence-corrected chi connectivity index (χ3v) is 5.17. The number of nitrogens with zero attached hydrogens (tertiary/aromatic N) is 2. The Kier molecular flexibility index (Phi) is 5.89. The lowest BCUT2D eigenvalue weighted by Crippen LogP contribution is -1.96. The van der Waals surface area contributed by atoms with E-state index < -0.39 is 10.8 Å². The molecule has 0 N–H and O–H groups in total. The maximum Gasteiger partial charge on any atom is 0.138 e. The molecule has 0 saturated heterocycles. The lowest BCUT2D eigenvalue weighted by molar-refractivity contribution is 0.687. The summed E-state index contributed by atoms with van der Waals surface area (Å²) in [4.78, 5) is 5.61. The Bertz CT molecular complexity index is 1100. The normalized spacial score (nSPS) is 12.2. The lowest BCUT2D eigenvalue weighted by Gasteiger charge is -2.06. The molecule has 0 saturated carbocycles. The Morgan fingerprint density at radius 1 is 0.852 bits per heavy atom. The van der Waals surface area contributed by atoms with Crippen LogP contribution in [-0.4, -0.2) is 20.0 Å². The summed E-state index contributed by atoms with van der Waals surface area (Å²) < 4.78 is 13.7. The summed E-state index contributed by atoms with van der Waals surface area (Å²) in [6.07, 6.45) is 5.74. The van der Waals surface area contributed by atoms with Crippen molar-refractivity contribution in [1.29, 1.82) is 0 Å². The standard InChI is InChI=1S/C22H18N2OS.ClH/c1-26(25)19-14-11-17(12-15-19)13-16-22-23-20-9-5-6-10-21(20)24(22)18-7-3-2-4-8-18;/h2-16H,1H3;1H. The highest BCUT2D eigenvalue weighted by atomic mass is 35.5. The molecule has 5 heteroatoms. The second-order valence-electron chi connectivity index (χ2n) is 5.99. The van der Waals surface area contributed by atoms with Gasteiger partial charge in [0.15, 0.2) is 0 Å². The minimum absolute atomic E-state index is 0. The number of halogens is 1. The van der Waals surface area contributed by atoms with Gasteiger partial charge >= 0.3 is 0 Å². The Balaban J connectivity index is 0.00000210. The first-order valence-electron chi connectivity index (χ1n) is 8.37. The zero-order valence-corrected chi connectivity index (χ0v) is 16.4. The van der Waals surface area contributed by atoms with Gasteiger partial charge in [0.25, 0.3) is 0 Å². The van der Waals surface area contributed by atoms with Crippen LogP contribution in [0.4, 0.5) is 0 Å². The molecule has 4 rings (SSSR count). The molecule has 0 radical (unpaired) electrons. The largest absolute Gasteiger partial charge is 0.293 e. The molecule has 0 fully saturated rings. The van der Waals surface area contributed by atoms with Gasteiger partial charge in [0.05, 0.1) is 11.0 Å². The summed E-state index contributed by atoms with van der Waals surface area (Å²) in [6, 6.07) is 26.1. The molecule has 0 spiro atoms. The molecule has 3 aromatic carbocycles. The molecule has 27 heavy (non-hydrogen) atoms. The van der Waals surface area contributed by atoms with Crippen LogP contribution < -0.4 is 0 Å². The van der Waals surface area contributed by atoms with Crippen LogP contribution in [0.1, 0.15) is 11.4 Å². The Morgan fingerprint density at radius 2 is 1.52 bits per heavy atom. The molecule has 1 unspecified atom stereocenters. The van der Waals surface area contributed by atoms with Crippen molar-refractivity contribution in [2.24, 2.45) is 0 Å². The van der Waals surface area contributed by atoms with Crippen molar-refractivity contribution >= 4 is 46.4 Å². The van der Waals surface area contributed by atoms with Gasteiger partial charge in [-0.05, 0) is 48.0 Å². The van der Waals surface area contributed by atoms with Crippen molar-refractivity contribution in [3.05, 3.63) is 90.3 Å². The first kappa shape index (κ1) is 19.1. The third-order valence-electron chi connectivity index (χ3n) is 4.24. The van der Waals surface area contributed by atoms with E-state index in [9.17, 15) is 4.21 Å². The highest BCUT2D eigenvalue weighted by Crippen LogP contribution is 2.23. The molecule has 1 heterocycles. The van der Waals surface area contributed by atoms with Gasteiger partial charge in [-0.3, -0.25) is 8.78 Å². The fourth-order valence-electron chi connectivity index (χ4n) is 2.95. The third kappa shape index (κ3) is 4.02. The first-order chi connectivity index (χ1) is 12.7. The zero-order valence-electron chi connectivity index (χ0n) is 14.8. The number of imidazole rings is 1. The highest BCUT2D eigenvalue weighted by molar-refractivity contribution is 7.84. The summed E-state index contributed by atoms with van der Waals surface area (Å²) in [7, 11) is -0.957. The fourth-order valence-corrected chi connectivity index (χ4v) is 3.47. The molecule has 1 aromatic heterocycles. The monoisotopic (exact) mass is 394 g/mol. The number of benzene rings is 3. The Labute approximate surface area is 167 Å². The Hall–Kier alpha value is -2.69. The van der Waals surface area contributed by atoms with Gasteiger partial charge in [-0.1, -0.05) is 48.5 Å². The summed E-state index contributed by atoms with van der Waals surface area (Å²) in [5.74, 6) is 0.876. The smallest absolute Gasteiger partial charge is 0.138 e. The van der Waals surface area contributed by atoms with Crippen LogP contribution in [0.15, 0.2) is 83.8 Å². The van der Waals surface area contributed by atoms with E-state index in [2.05, 4.69) is 22.8 Å². The average molecular weight is 395 g/mol. The minimum Gasteiger partial charge on any atom is -0.293 e. The van der Waals surface area contributed by atoms with E-state index in [4.69, 9.17) is 4.98 Å². The van der Waals surface area contributed by atoms with Gasteiger partial charge in [0.2, 0.25) is 0 Å². The summed E-state index contributed by atoms with van der Waals surface area (Å²) in [5.41, 5.74) is 4.17. The van der Waals surface area contributed by atoms with Crippen molar-refractivity contribution in [3.8, 4) is 5.69 Å². The number of hydrogen-bond donors (Lipinski definition) is 0. The number of para-hydroxylation sites is 3. The van der Waals surface area contributed by atoms with E-state index in [1.165, 1.54) is 0 Å². The SMILES string of the molecule is CS(=O)c1ccc(C=Cc2nc3ccccc3n2-c2ccccc2)cc1.Cl. The van der Waals surface area contributed by atoms with E-state index in [1.807, 2.05) is 72.8 Å². The molecule has 0 aliphatic carbocycles. The Morgan fingerprint density at radius 3 is 2.22 bits per heavy atom. The maximum atomic E-state index is 11.5. The molecule has 4 aromatic rings. The van der Waals surface area contributed by atoms with Crippen LogP contribution in [0.5, 0.6) is 0 Å². The van der Waals surface area contributed by atoms with E-state index in [-0.39, 0.29) is 12.4 Å². The van der Waals surface area contributed by atoms with Crippen molar-refractivity contribution in [3.63, 3.8) is 0 Å². The maximum absolute atomic E-state index is 11.5. The molecule has 0 aliphatic rings. The van der Waals surface area contributed by atoms with Crippen LogP contribution in [0, 0.1) is 0 Å². The van der Waals surface area contributed by atoms with Crippen molar-refractivity contribution in [1.82, 2.24) is 9.55 Å². The predicted molar refractivity (Wildman–Crippen MR) is 116 cm³/mol. The predicted octanol–water partition coefficient (Wildman–Crippen LogP) is 5.36. The lowest BCUT2D eigenvalue weighted by atomic mass is 10.2. The quantitative estimate of drug-likeness (QED) is 0.467. The topological polar surface area (TPSA) is 34.9 Å². The molecular formula is C22H19ClN2OS. The molecule has 0 amide bonds. The number of fused-ring (bicyclic) bond motifs is 1. The van der Waals surface area contributed by atoms with E-state index >= 15 is 0 Å². The van der Waals surface area contributed by atoms with Crippen molar-refractivity contribution in [2.45, 2.75) is 4.90 Å². The van der Waals surface area contributed by atoms with Gasteiger partial charge in [-0.15, -0.1) is 12.4 Å². The summed E-state index contributed by atoms with van der Waals surface area (Å²) in [6.45, 7) is 0. The summed E-state index contributed by atoms with van der Waals surface area (Å²) >= 11 is 0. The number of rotatable bonds is 4. The van der Waals surface area contributed by atoms with Crippen LogP contribution in [0.25, 0.3) is 28.9 Å². The van der Waals surface area contributed by atoms with E-state index in [0.29, 0.717) is 0 Å². The number of aromatic nitrogens is 2. The number of hydrogen-bond acceptors (Lipinski definition) is 2. The van der Waals surface area contributed by atoms with Gasteiger partial charge < -0.3 is 0 Å². The first-order valence-corrected chi connectivity index (χ1v) is 9.93. The van der Waals surface area contributed by atoms with Crippen LogP contribution in [-0.2, 0) is 10.8 Å². The molecule has 0 bridgehead atoms. The van der Waals surface area contributed by atoms with E-state index in [0.717, 1.165) is 33.0 Å². The molecular weight excluding hydrogens is 376 g/mol. The molecule has 3 nitrogen and oxygen atoms in total. The fraction of sp³-hybridized carbons (Fsp3) is 0.0455. The molecule has 136 valence electrons. The van der Waals surface area contributed by atoms with Gasteiger partial charge in [-0.25, -0.2) is 4.98 Å². The van der Waals surface area contributed by atoms with Gasteiger partial charge in [0, 0.05) is 27.6 Å². The van der Waals surface area contributed by atoms with Gasteiger partial charge in [0.1, 0.15) is 5.82 Å². The van der Waals surface area contributed by atoms with Crippen molar-refractivity contribution < 1.29 is 4.21 Å². The average Bonchev–Trinajstić information content (AvgIpc) is 3.05. The second-order valence-corrected chi connectivity index (χ2v) is 7.37. The van der Waals surface area contributed by atoms with Crippen LogP contribution >= 0.6 is 12.4 Å². The zero-order chi connectivity index (χ0) is 17.9. The molecule has 0 aliphatic heterocycles. The second kappa shape index (κ2) is 8.33. The minimum atomic E-state index is -0.957. The van der Waals surface area contributed by atoms with Crippen LogP contribution in [0.2, 0.25) is 0 Å². The summed E-state index contributed by atoms with van der Waals surface area (Å²) in [5, 5.41) is 0. The highest BCUT2D eigenvalue weighted by Gasteiger charge is 2.09. The van der Waals surface area contributed by atoms with Gasteiger partial charge in [-0.2, -0.15) is 0 Å². The van der Waals surface area contributed by atoms with E-state index in [1.54, 1.807) is 6.26 Å². The molecule has 1 atom stereocenters. The van der Waals surface area contributed by atoms with Crippen LogP contribution in [0.3, 0.4) is 0 Å².